The summed E-state index contributed by atoms with van der Waals surface area (Å²) in [5.41, 5.74) is 3.90. The Morgan fingerprint density at radius 2 is 2.03 bits per heavy atom. The van der Waals surface area contributed by atoms with Gasteiger partial charge in [0.15, 0.2) is 0 Å². The molecule has 0 unspecified atom stereocenters. The van der Waals surface area contributed by atoms with Crippen LogP contribution in [0.4, 0.5) is 4.79 Å². The molecule has 2 amide bonds. The molecule has 8 nitrogen and oxygen atoms in total. The van der Waals surface area contributed by atoms with Crippen LogP contribution in [0.1, 0.15) is 38.2 Å². The Morgan fingerprint density at radius 3 is 2.77 bits per heavy atom. The van der Waals surface area contributed by atoms with Crippen LogP contribution in [0.2, 0.25) is 0 Å². The summed E-state index contributed by atoms with van der Waals surface area (Å²) in [4.78, 5) is 28.9. The van der Waals surface area contributed by atoms with Gasteiger partial charge < -0.3 is 19.9 Å². The average Bonchev–Trinajstić information content (AvgIpc) is 3.44. The summed E-state index contributed by atoms with van der Waals surface area (Å²) in [6, 6.07) is 9.65. The van der Waals surface area contributed by atoms with Crippen LogP contribution in [0.15, 0.2) is 36.5 Å². The first-order chi connectivity index (χ1) is 15.0. The fourth-order valence-corrected chi connectivity index (χ4v) is 4.16. The summed E-state index contributed by atoms with van der Waals surface area (Å²) in [5.74, 6) is 0.201. The van der Waals surface area contributed by atoms with Crippen LogP contribution in [0.3, 0.4) is 0 Å². The van der Waals surface area contributed by atoms with Crippen molar-refractivity contribution in [2.24, 2.45) is 0 Å². The number of nitrogens with one attached hydrogen (secondary N) is 2. The number of fused-ring (bicyclic) bond motifs is 1. The molecular weight excluding hydrogens is 394 g/mol. The van der Waals surface area contributed by atoms with Gasteiger partial charge in [0.25, 0.3) is 0 Å². The summed E-state index contributed by atoms with van der Waals surface area (Å²) in [5, 5.41) is 12.5. The number of carbonyl (C=O) groups is 2. The lowest BCUT2D eigenvalue weighted by Crippen LogP contribution is -2.39. The predicted molar refractivity (Wildman–Crippen MR) is 118 cm³/mol. The first kappa shape index (κ1) is 20.8. The van der Waals surface area contributed by atoms with Gasteiger partial charge in [0.1, 0.15) is 0 Å². The molecule has 3 aromatic rings. The minimum absolute atomic E-state index is 0.0256. The number of hydrogen-bond acceptors (Lipinski definition) is 5. The van der Waals surface area contributed by atoms with Gasteiger partial charge in [-0.15, -0.1) is 10.2 Å². The number of H-pyrrole nitrogens is 1. The third-order valence-corrected chi connectivity index (χ3v) is 6.04. The fraction of sp³-hybridized carbons (Fsp3) is 0.391. The molecule has 1 aliphatic rings. The van der Waals surface area contributed by atoms with Crippen molar-refractivity contribution in [1.29, 1.82) is 0 Å². The van der Waals surface area contributed by atoms with E-state index in [2.05, 4.69) is 20.5 Å². The van der Waals surface area contributed by atoms with E-state index in [9.17, 15) is 9.59 Å². The Balaban J connectivity index is 1.39. The van der Waals surface area contributed by atoms with Crippen LogP contribution in [-0.2, 0) is 4.79 Å². The van der Waals surface area contributed by atoms with Gasteiger partial charge in [0.05, 0.1) is 5.69 Å². The number of amides is 2. The molecule has 1 saturated carbocycles. The second-order valence-corrected chi connectivity index (χ2v) is 8.00. The second-order valence-electron chi connectivity index (χ2n) is 8.00. The topological polar surface area (TPSA) is 100 Å². The van der Waals surface area contributed by atoms with Gasteiger partial charge in [-0.2, -0.15) is 0 Å². The highest BCUT2D eigenvalue weighted by Gasteiger charge is 2.31. The molecule has 1 aromatic carbocycles. The number of rotatable bonds is 5. The third-order valence-electron chi connectivity index (χ3n) is 6.04. The van der Waals surface area contributed by atoms with Crippen LogP contribution >= 0.6 is 0 Å². The van der Waals surface area contributed by atoms with E-state index in [0.29, 0.717) is 6.42 Å². The summed E-state index contributed by atoms with van der Waals surface area (Å²) in [6.07, 6.45) is 4.31. The van der Waals surface area contributed by atoms with Crippen molar-refractivity contribution in [3.05, 3.63) is 42.1 Å². The zero-order valence-corrected chi connectivity index (χ0v) is 18.0. The lowest BCUT2D eigenvalue weighted by molar-refractivity contribution is -0.121. The van der Waals surface area contributed by atoms with E-state index >= 15 is 0 Å². The van der Waals surface area contributed by atoms with Gasteiger partial charge in [-0.3, -0.25) is 4.79 Å². The number of benzene rings is 1. The van der Waals surface area contributed by atoms with Gasteiger partial charge in [-0.1, -0.05) is 13.0 Å². The Bertz CT molecular complexity index is 1090. The lowest BCUT2D eigenvalue weighted by atomic mass is 10.0. The molecule has 2 heterocycles. The van der Waals surface area contributed by atoms with E-state index in [1.165, 1.54) is 0 Å². The van der Waals surface area contributed by atoms with Crippen molar-refractivity contribution in [2.75, 3.05) is 7.05 Å². The smallest absolute Gasteiger partial charge is 0.389 e. The van der Waals surface area contributed by atoms with Gasteiger partial charge in [0.2, 0.25) is 11.8 Å². The largest absolute Gasteiger partial charge is 0.416 e. The van der Waals surface area contributed by atoms with Crippen molar-refractivity contribution in [2.45, 2.75) is 51.6 Å². The van der Waals surface area contributed by atoms with Crippen LogP contribution in [-0.4, -0.2) is 51.2 Å². The molecule has 31 heavy (non-hydrogen) atoms. The summed E-state index contributed by atoms with van der Waals surface area (Å²) in [6.45, 7) is 3.88. The maximum atomic E-state index is 12.6. The molecule has 2 N–H and O–H groups in total. The van der Waals surface area contributed by atoms with Crippen molar-refractivity contribution in [3.63, 3.8) is 0 Å². The summed E-state index contributed by atoms with van der Waals surface area (Å²) in [7, 11) is 1.72. The molecule has 4 rings (SSSR count). The molecule has 0 aliphatic heterocycles. The number of carbonyl (C=O) groups excluding carboxylic acids is 2. The summed E-state index contributed by atoms with van der Waals surface area (Å²) < 4.78 is 5.43. The molecule has 0 radical (unpaired) electrons. The Labute approximate surface area is 181 Å². The predicted octanol–water partition coefficient (Wildman–Crippen LogP) is 3.81. The van der Waals surface area contributed by atoms with Crippen LogP contribution < -0.4 is 10.1 Å². The number of hydrogen-bond donors (Lipinski definition) is 2. The molecule has 1 aliphatic carbocycles. The normalized spacial score (nSPS) is 18.2. The number of nitrogens with zero attached hydrogens (tertiary/aromatic N) is 3. The number of aromatic nitrogens is 3. The minimum atomic E-state index is -0.473. The van der Waals surface area contributed by atoms with E-state index in [0.717, 1.165) is 47.0 Å². The Hall–Kier alpha value is -3.42. The summed E-state index contributed by atoms with van der Waals surface area (Å²) >= 11 is 0. The van der Waals surface area contributed by atoms with Crippen molar-refractivity contribution in [3.8, 4) is 17.1 Å². The highest BCUT2D eigenvalue weighted by Crippen LogP contribution is 2.28. The number of aryl methyl sites for hydroxylation is 1. The van der Waals surface area contributed by atoms with Crippen molar-refractivity contribution < 1.29 is 14.3 Å². The molecule has 2 aromatic heterocycles. The van der Waals surface area contributed by atoms with E-state index in [4.69, 9.17) is 4.74 Å². The van der Waals surface area contributed by atoms with Gasteiger partial charge >= 0.3 is 6.09 Å². The monoisotopic (exact) mass is 421 g/mol. The second kappa shape index (κ2) is 8.75. The zero-order chi connectivity index (χ0) is 22.0. The molecule has 0 saturated heterocycles. The van der Waals surface area contributed by atoms with E-state index in [1.807, 2.05) is 44.3 Å². The molecule has 1 fully saturated rings. The Morgan fingerprint density at radius 1 is 1.19 bits per heavy atom. The Kier molecular flexibility index (Phi) is 5.88. The van der Waals surface area contributed by atoms with Gasteiger partial charge in [-0.05, 0) is 49.9 Å². The van der Waals surface area contributed by atoms with Crippen molar-refractivity contribution in [1.82, 2.24) is 25.4 Å². The van der Waals surface area contributed by atoms with Crippen LogP contribution in [0, 0.1) is 6.92 Å². The zero-order valence-electron chi connectivity index (χ0n) is 18.0. The molecule has 8 heteroatoms. The lowest BCUT2D eigenvalue weighted by Gasteiger charge is -2.23. The molecule has 0 spiro atoms. The highest BCUT2D eigenvalue weighted by molar-refractivity contribution is 5.89. The van der Waals surface area contributed by atoms with E-state index in [-0.39, 0.29) is 23.9 Å². The number of ether oxygens (including phenoxy) is 1. The van der Waals surface area contributed by atoms with Crippen LogP contribution in [0.5, 0.6) is 5.88 Å². The van der Waals surface area contributed by atoms with Crippen molar-refractivity contribution >= 4 is 22.9 Å². The maximum Gasteiger partial charge on any atom is 0.416 e. The van der Waals surface area contributed by atoms with Gasteiger partial charge in [0, 0.05) is 54.3 Å². The molecule has 2 atom stereocenters. The quantitative estimate of drug-likeness (QED) is 0.652. The first-order valence-corrected chi connectivity index (χ1v) is 10.6. The molecule has 0 bridgehead atoms. The average molecular weight is 422 g/mol. The van der Waals surface area contributed by atoms with E-state index < -0.39 is 6.09 Å². The first-order valence-electron chi connectivity index (χ1n) is 10.6. The molecular formula is C23H27N5O3. The fourth-order valence-electron chi connectivity index (χ4n) is 4.16. The maximum absolute atomic E-state index is 12.6. The standard InChI is InChI=1S/C23H27N5O3/c1-4-21(29)25-15-5-6-16(13-15)28(3)23(30)31-22-10-9-20(26-27-22)17-7-8-19-18(14(17)2)11-12-24-19/h7-12,15-16,24H,4-6,13H2,1-3H3,(H,25,29)/t15-,16+/m0/s1. The van der Waals surface area contributed by atoms with E-state index in [1.54, 1.807) is 18.0 Å². The minimum Gasteiger partial charge on any atom is -0.389 e. The number of aromatic amines is 1. The highest BCUT2D eigenvalue weighted by atomic mass is 16.6. The SMILES string of the molecule is CCC(=O)N[C@H]1CC[C@@H](N(C)C(=O)Oc2ccc(-c3ccc4[nH]ccc4c3C)nn2)C1. The third kappa shape index (κ3) is 4.38. The van der Waals surface area contributed by atoms with Crippen LogP contribution in [0.25, 0.3) is 22.2 Å². The molecule has 162 valence electrons. The van der Waals surface area contributed by atoms with Gasteiger partial charge in [-0.25, -0.2) is 4.79 Å².